The molecule has 1 rings (SSSR count). The molecule has 0 aliphatic heterocycles. The van der Waals surface area contributed by atoms with Crippen molar-refractivity contribution in [2.45, 2.75) is 38.1 Å². The summed E-state index contributed by atoms with van der Waals surface area (Å²) in [5.41, 5.74) is 1.50. The Bertz CT molecular complexity index is 297. The van der Waals surface area contributed by atoms with Gasteiger partial charge < -0.3 is 4.90 Å². The molecule has 0 amide bonds. The molecule has 0 radical (unpaired) electrons. The Kier molecular flexibility index (Phi) is 4.09. The summed E-state index contributed by atoms with van der Waals surface area (Å²) in [6.45, 7) is 9.99. The highest BCUT2D eigenvalue weighted by Crippen LogP contribution is 2.25. The quantitative estimate of drug-likeness (QED) is 0.712. The van der Waals surface area contributed by atoms with Crippen molar-refractivity contribution >= 4 is 17.4 Å². The molecule has 0 aliphatic carbocycles. The summed E-state index contributed by atoms with van der Waals surface area (Å²) in [7, 11) is 0. The summed E-state index contributed by atoms with van der Waals surface area (Å²) in [6.07, 6.45) is 2.11. The normalized spacial score (nSPS) is 11.5. The zero-order chi connectivity index (χ0) is 11.5. The van der Waals surface area contributed by atoms with Crippen LogP contribution in [0, 0.1) is 0 Å². The zero-order valence-corrected chi connectivity index (χ0v) is 11.2. The zero-order valence-electron chi connectivity index (χ0n) is 10.4. The van der Waals surface area contributed by atoms with Crippen molar-refractivity contribution in [1.82, 2.24) is 0 Å². The van der Waals surface area contributed by atoms with Crippen LogP contribution in [0.4, 0.5) is 5.69 Å². The number of benzene rings is 1. The predicted molar refractivity (Wildman–Crippen MR) is 71.0 cm³/mol. The average molecular weight is 223 g/mol. The van der Waals surface area contributed by atoms with Gasteiger partial charge in [0.05, 0.1) is 0 Å². The highest BCUT2D eigenvalue weighted by atomic mass is 32.2. The third-order valence-corrected chi connectivity index (χ3v) is 3.25. The van der Waals surface area contributed by atoms with Gasteiger partial charge in [0.1, 0.15) is 0 Å². The number of hydrogen-bond acceptors (Lipinski definition) is 2. The van der Waals surface area contributed by atoms with Gasteiger partial charge in [-0.15, -0.1) is 11.8 Å². The summed E-state index contributed by atoms with van der Waals surface area (Å²) in [5, 5.41) is 0. The van der Waals surface area contributed by atoms with Crippen LogP contribution in [0.2, 0.25) is 0 Å². The number of thioether (sulfide) groups is 1. The van der Waals surface area contributed by atoms with Crippen LogP contribution in [0.1, 0.15) is 27.7 Å². The Morgan fingerprint density at radius 2 is 1.67 bits per heavy atom. The fourth-order valence-electron chi connectivity index (χ4n) is 1.81. The van der Waals surface area contributed by atoms with Crippen LogP contribution in [0.5, 0.6) is 0 Å². The summed E-state index contributed by atoms with van der Waals surface area (Å²) in [6, 6.07) is 8.80. The highest BCUT2D eigenvalue weighted by molar-refractivity contribution is 7.98. The number of hydrogen-bond donors (Lipinski definition) is 0. The molecule has 84 valence electrons. The second-order valence-corrected chi connectivity index (χ2v) is 5.49. The molecule has 0 aromatic heterocycles. The first kappa shape index (κ1) is 12.4. The van der Waals surface area contributed by atoms with E-state index in [1.54, 1.807) is 11.8 Å². The van der Waals surface area contributed by atoms with E-state index in [-0.39, 0.29) is 5.54 Å². The molecule has 0 N–H and O–H groups in total. The molecule has 0 bridgehead atoms. The Labute approximate surface area is 97.9 Å². The van der Waals surface area contributed by atoms with Crippen molar-refractivity contribution in [3.8, 4) is 0 Å². The van der Waals surface area contributed by atoms with Crippen molar-refractivity contribution < 1.29 is 0 Å². The van der Waals surface area contributed by atoms with E-state index >= 15 is 0 Å². The minimum Gasteiger partial charge on any atom is -0.367 e. The SMILES string of the molecule is CCN(c1ccc(SC)cc1)C(C)(C)C. The lowest BCUT2D eigenvalue weighted by atomic mass is 10.0. The maximum atomic E-state index is 2.41. The van der Waals surface area contributed by atoms with Crippen LogP contribution >= 0.6 is 11.8 Å². The molecule has 0 fully saturated rings. The maximum Gasteiger partial charge on any atom is 0.0371 e. The van der Waals surface area contributed by atoms with E-state index in [1.807, 2.05) is 0 Å². The second kappa shape index (κ2) is 4.93. The summed E-state index contributed by atoms with van der Waals surface area (Å²) in [4.78, 5) is 3.74. The Hall–Kier alpha value is -0.630. The number of rotatable bonds is 3. The van der Waals surface area contributed by atoms with E-state index in [2.05, 4.69) is 63.1 Å². The fourth-order valence-corrected chi connectivity index (χ4v) is 2.21. The molecule has 1 aromatic carbocycles. The molecule has 0 unspecified atom stereocenters. The van der Waals surface area contributed by atoms with Crippen molar-refractivity contribution in [2.75, 3.05) is 17.7 Å². The topological polar surface area (TPSA) is 3.24 Å². The van der Waals surface area contributed by atoms with Crippen molar-refractivity contribution in [3.63, 3.8) is 0 Å². The molecular weight excluding hydrogens is 202 g/mol. The molecule has 1 nitrogen and oxygen atoms in total. The van der Waals surface area contributed by atoms with Gasteiger partial charge in [0.15, 0.2) is 0 Å². The van der Waals surface area contributed by atoms with Crippen molar-refractivity contribution in [3.05, 3.63) is 24.3 Å². The highest BCUT2D eigenvalue weighted by Gasteiger charge is 2.19. The minimum atomic E-state index is 0.190. The van der Waals surface area contributed by atoms with Gasteiger partial charge in [-0.05, 0) is 58.2 Å². The summed E-state index contributed by atoms with van der Waals surface area (Å²) in [5.74, 6) is 0. The van der Waals surface area contributed by atoms with E-state index in [0.29, 0.717) is 0 Å². The molecule has 2 heteroatoms. The fraction of sp³-hybridized carbons (Fsp3) is 0.538. The largest absolute Gasteiger partial charge is 0.367 e. The van der Waals surface area contributed by atoms with Gasteiger partial charge in [0.2, 0.25) is 0 Å². The van der Waals surface area contributed by atoms with E-state index in [1.165, 1.54) is 10.6 Å². The van der Waals surface area contributed by atoms with Crippen molar-refractivity contribution in [1.29, 1.82) is 0 Å². The Morgan fingerprint density at radius 3 is 2.00 bits per heavy atom. The molecule has 15 heavy (non-hydrogen) atoms. The molecule has 0 saturated heterocycles. The lowest BCUT2D eigenvalue weighted by Crippen LogP contribution is -2.41. The maximum absolute atomic E-state index is 2.41. The van der Waals surface area contributed by atoms with Crippen LogP contribution in [-0.4, -0.2) is 18.3 Å². The van der Waals surface area contributed by atoms with Crippen LogP contribution < -0.4 is 4.90 Å². The Morgan fingerprint density at radius 1 is 1.13 bits per heavy atom. The van der Waals surface area contributed by atoms with E-state index in [9.17, 15) is 0 Å². The van der Waals surface area contributed by atoms with Crippen LogP contribution in [0.3, 0.4) is 0 Å². The lowest BCUT2D eigenvalue weighted by Gasteiger charge is -2.37. The first-order chi connectivity index (χ1) is 6.99. The average Bonchev–Trinajstić information content (AvgIpc) is 2.18. The second-order valence-electron chi connectivity index (χ2n) is 4.61. The van der Waals surface area contributed by atoms with E-state index in [0.717, 1.165) is 6.54 Å². The molecule has 0 saturated carbocycles. The van der Waals surface area contributed by atoms with Gasteiger partial charge in [-0.1, -0.05) is 0 Å². The molecular formula is C13H21NS. The van der Waals surface area contributed by atoms with Gasteiger partial charge in [-0.3, -0.25) is 0 Å². The minimum absolute atomic E-state index is 0.190. The number of nitrogens with zero attached hydrogens (tertiary/aromatic N) is 1. The summed E-state index contributed by atoms with van der Waals surface area (Å²) >= 11 is 1.79. The number of anilines is 1. The Balaban J connectivity index is 2.93. The summed E-state index contributed by atoms with van der Waals surface area (Å²) < 4.78 is 0. The third-order valence-electron chi connectivity index (χ3n) is 2.51. The van der Waals surface area contributed by atoms with Crippen LogP contribution in [0.15, 0.2) is 29.2 Å². The van der Waals surface area contributed by atoms with Gasteiger partial charge in [-0.25, -0.2) is 0 Å². The monoisotopic (exact) mass is 223 g/mol. The standard InChI is InChI=1S/C13H21NS/c1-6-14(13(2,3)4)11-7-9-12(15-5)10-8-11/h7-10H,6H2,1-5H3. The predicted octanol–water partition coefficient (Wildman–Crippen LogP) is 4.03. The smallest absolute Gasteiger partial charge is 0.0371 e. The molecule has 0 aliphatic rings. The van der Waals surface area contributed by atoms with Crippen LogP contribution in [-0.2, 0) is 0 Å². The lowest BCUT2D eigenvalue weighted by molar-refractivity contribution is 0.513. The van der Waals surface area contributed by atoms with Gasteiger partial charge in [0.25, 0.3) is 0 Å². The van der Waals surface area contributed by atoms with E-state index in [4.69, 9.17) is 0 Å². The van der Waals surface area contributed by atoms with Gasteiger partial charge in [0, 0.05) is 22.7 Å². The molecule has 0 atom stereocenters. The van der Waals surface area contributed by atoms with Gasteiger partial charge >= 0.3 is 0 Å². The molecule has 0 spiro atoms. The van der Waals surface area contributed by atoms with Crippen LogP contribution in [0.25, 0.3) is 0 Å². The first-order valence-electron chi connectivity index (χ1n) is 5.40. The first-order valence-corrected chi connectivity index (χ1v) is 6.63. The van der Waals surface area contributed by atoms with E-state index < -0.39 is 0 Å². The molecule has 1 aromatic rings. The third kappa shape index (κ3) is 3.16. The molecule has 0 heterocycles. The van der Waals surface area contributed by atoms with Crippen molar-refractivity contribution in [2.24, 2.45) is 0 Å². The van der Waals surface area contributed by atoms with Gasteiger partial charge in [-0.2, -0.15) is 0 Å².